The number of halogens is 2. The molecular formula is C17H24F2N2. The fraction of sp³-hybridized carbons (Fsp3) is 0.647. The molecule has 1 heterocycles. The van der Waals surface area contributed by atoms with Gasteiger partial charge in [0.05, 0.1) is 0 Å². The normalized spacial score (nSPS) is 29.6. The van der Waals surface area contributed by atoms with Crippen LogP contribution in [-0.4, -0.2) is 29.1 Å². The Morgan fingerprint density at radius 2 is 1.95 bits per heavy atom. The third-order valence-electron chi connectivity index (χ3n) is 5.08. The van der Waals surface area contributed by atoms with Gasteiger partial charge in [0.25, 0.3) is 0 Å². The summed E-state index contributed by atoms with van der Waals surface area (Å²) in [5.41, 5.74) is 0.492. The van der Waals surface area contributed by atoms with Crippen LogP contribution in [0.15, 0.2) is 18.2 Å². The van der Waals surface area contributed by atoms with Crippen molar-refractivity contribution in [3.05, 3.63) is 35.4 Å². The molecule has 0 spiro atoms. The van der Waals surface area contributed by atoms with Gasteiger partial charge >= 0.3 is 0 Å². The van der Waals surface area contributed by atoms with Crippen molar-refractivity contribution in [2.45, 2.75) is 51.2 Å². The van der Waals surface area contributed by atoms with Gasteiger partial charge in [-0.3, -0.25) is 4.90 Å². The molecule has 0 radical (unpaired) electrons. The number of piperazine rings is 1. The number of hydrogen-bond acceptors (Lipinski definition) is 2. The summed E-state index contributed by atoms with van der Waals surface area (Å²) >= 11 is 0. The lowest BCUT2D eigenvalue weighted by molar-refractivity contribution is 0.00437. The highest BCUT2D eigenvalue weighted by atomic mass is 19.2. The molecule has 1 saturated carbocycles. The second kappa shape index (κ2) is 5.03. The number of nitrogens with zero attached hydrogens (tertiary/aromatic N) is 1. The zero-order valence-electron chi connectivity index (χ0n) is 13.0. The summed E-state index contributed by atoms with van der Waals surface area (Å²) in [6, 6.07) is 4.47. The molecule has 4 heteroatoms. The van der Waals surface area contributed by atoms with Crippen LogP contribution in [0.3, 0.4) is 0 Å². The van der Waals surface area contributed by atoms with Crippen molar-refractivity contribution in [3.63, 3.8) is 0 Å². The molecule has 0 aromatic heterocycles. The molecule has 2 fully saturated rings. The molecule has 3 rings (SSSR count). The van der Waals surface area contributed by atoms with Gasteiger partial charge in [0, 0.05) is 36.3 Å². The van der Waals surface area contributed by atoms with E-state index in [-0.39, 0.29) is 11.1 Å². The molecule has 1 atom stereocenters. The minimum absolute atomic E-state index is 0.00178. The van der Waals surface area contributed by atoms with Crippen molar-refractivity contribution in [1.82, 2.24) is 10.2 Å². The summed E-state index contributed by atoms with van der Waals surface area (Å²) in [4.78, 5) is 2.35. The van der Waals surface area contributed by atoms with E-state index in [1.807, 2.05) is 0 Å². The Hall–Kier alpha value is -1.00. The minimum Gasteiger partial charge on any atom is -0.309 e. The average molecular weight is 294 g/mol. The maximum absolute atomic E-state index is 14.0. The first-order chi connectivity index (χ1) is 9.82. The third-order valence-corrected chi connectivity index (χ3v) is 5.08. The average Bonchev–Trinajstić information content (AvgIpc) is 3.24. The molecule has 1 saturated heterocycles. The van der Waals surface area contributed by atoms with E-state index >= 15 is 0 Å². The van der Waals surface area contributed by atoms with Crippen LogP contribution in [0.4, 0.5) is 8.78 Å². The van der Waals surface area contributed by atoms with Crippen molar-refractivity contribution in [2.75, 3.05) is 13.1 Å². The molecule has 1 unspecified atom stereocenters. The second-order valence-corrected chi connectivity index (χ2v) is 7.44. The van der Waals surface area contributed by atoms with E-state index in [2.05, 4.69) is 31.0 Å². The fourth-order valence-electron chi connectivity index (χ4n) is 3.46. The fourth-order valence-corrected chi connectivity index (χ4v) is 3.46. The molecule has 1 aromatic rings. The van der Waals surface area contributed by atoms with Crippen molar-refractivity contribution >= 4 is 0 Å². The Morgan fingerprint density at radius 3 is 2.62 bits per heavy atom. The Morgan fingerprint density at radius 1 is 1.24 bits per heavy atom. The first-order valence-corrected chi connectivity index (χ1v) is 7.75. The zero-order chi connectivity index (χ0) is 15.3. The SMILES string of the molecule is CC1(C)CN(Cc2cccc(F)c2F)C(C)(C2CC2)CN1. The van der Waals surface area contributed by atoms with Gasteiger partial charge in [-0.1, -0.05) is 12.1 Å². The minimum atomic E-state index is -0.755. The van der Waals surface area contributed by atoms with E-state index < -0.39 is 11.6 Å². The lowest BCUT2D eigenvalue weighted by Gasteiger charge is -2.52. The molecule has 1 aliphatic heterocycles. The monoisotopic (exact) mass is 294 g/mol. The van der Waals surface area contributed by atoms with Crippen LogP contribution in [0.5, 0.6) is 0 Å². The van der Waals surface area contributed by atoms with Gasteiger partial charge in [0.1, 0.15) is 0 Å². The molecule has 2 aliphatic rings. The first kappa shape index (κ1) is 14.9. The summed E-state index contributed by atoms with van der Waals surface area (Å²) < 4.78 is 27.4. The number of benzene rings is 1. The Kier molecular flexibility index (Phi) is 3.57. The lowest BCUT2D eigenvalue weighted by atomic mass is 9.85. The molecule has 0 amide bonds. The maximum atomic E-state index is 14.0. The van der Waals surface area contributed by atoms with Crippen LogP contribution in [-0.2, 0) is 6.54 Å². The summed E-state index contributed by atoms with van der Waals surface area (Å²) in [6.07, 6.45) is 2.47. The van der Waals surface area contributed by atoms with E-state index in [0.29, 0.717) is 18.0 Å². The molecule has 2 nitrogen and oxygen atoms in total. The summed E-state index contributed by atoms with van der Waals surface area (Å²) in [7, 11) is 0. The van der Waals surface area contributed by atoms with E-state index in [9.17, 15) is 8.78 Å². The molecule has 1 aromatic carbocycles. The van der Waals surface area contributed by atoms with Gasteiger partial charge in [-0.15, -0.1) is 0 Å². The second-order valence-electron chi connectivity index (χ2n) is 7.44. The van der Waals surface area contributed by atoms with Gasteiger partial charge in [0.2, 0.25) is 0 Å². The maximum Gasteiger partial charge on any atom is 0.163 e. The first-order valence-electron chi connectivity index (χ1n) is 7.75. The van der Waals surface area contributed by atoms with Gasteiger partial charge in [-0.2, -0.15) is 0 Å². The van der Waals surface area contributed by atoms with Crippen molar-refractivity contribution < 1.29 is 8.78 Å². The standard InChI is InChI=1S/C17H24F2N2/c1-16(2)11-21(17(3,10-20-16)13-7-8-13)9-12-5-4-6-14(18)15(12)19/h4-6,13,20H,7-11H2,1-3H3. The molecule has 0 bridgehead atoms. The lowest BCUT2D eigenvalue weighted by Crippen LogP contribution is -2.67. The van der Waals surface area contributed by atoms with Crippen LogP contribution in [0.1, 0.15) is 39.2 Å². The Balaban J connectivity index is 1.87. The third kappa shape index (κ3) is 2.84. The van der Waals surface area contributed by atoms with Gasteiger partial charge in [-0.25, -0.2) is 8.78 Å². The number of nitrogens with one attached hydrogen (secondary N) is 1. The quantitative estimate of drug-likeness (QED) is 0.920. The highest BCUT2D eigenvalue weighted by Gasteiger charge is 2.49. The molecule has 1 aliphatic carbocycles. The van der Waals surface area contributed by atoms with Gasteiger partial charge in [0.15, 0.2) is 11.6 Å². The van der Waals surface area contributed by atoms with Crippen molar-refractivity contribution in [3.8, 4) is 0 Å². The van der Waals surface area contributed by atoms with E-state index in [1.54, 1.807) is 12.1 Å². The predicted molar refractivity (Wildman–Crippen MR) is 80.0 cm³/mol. The summed E-state index contributed by atoms with van der Waals surface area (Å²) in [5, 5.41) is 3.60. The predicted octanol–water partition coefficient (Wildman–Crippen LogP) is 3.32. The summed E-state index contributed by atoms with van der Waals surface area (Å²) in [6.45, 7) is 8.80. The largest absolute Gasteiger partial charge is 0.309 e. The molecule has 116 valence electrons. The topological polar surface area (TPSA) is 15.3 Å². The smallest absolute Gasteiger partial charge is 0.163 e. The van der Waals surface area contributed by atoms with Crippen LogP contribution in [0.2, 0.25) is 0 Å². The van der Waals surface area contributed by atoms with E-state index in [0.717, 1.165) is 13.1 Å². The number of hydrogen-bond donors (Lipinski definition) is 1. The van der Waals surface area contributed by atoms with Crippen molar-refractivity contribution in [1.29, 1.82) is 0 Å². The highest BCUT2D eigenvalue weighted by molar-refractivity contribution is 5.20. The van der Waals surface area contributed by atoms with Gasteiger partial charge in [-0.05, 0) is 45.6 Å². The zero-order valence-corrected chi connectivity index (χ0v) is 13.0. The Labute approximate surface area is 125 Å². The van der Waals surface area contributed by atoms with E-state index in [4.69, 9.17) is 0 Å². The van der Waals surface area contributed by atoms with Crippen LogP contribution in [0.25, 0.3) is 0 Å². The van der Waals surface area contributed by atoms with Crippen molar-refractivity contribution in [2.24, 2.45) is 5.92 Å². The van der Waals surface area contributed by atoms with Crippen LogP contribution >= 0.6 is 0 Å². The van der Waals surface area contributed by atoms with E-state index in [1.165, 1.54) is 18.9 Å². The molecular weight excluding hydrogens is 270 g/mol. The molecule has 21 heavy (non-hydrogen) atoms. The molecule has 1 N–H and O–H groups in total. The van der Waals surface area contributed by atoms with Gasteiger partial charge < -0.3 is 5.32 Å². The Bertz CT molecular complexity index is 540. The highest BCUT2D eigenvalue weighted by Crippen LogP contribution is 2.45. The number of rotatable bonds is 3. The van der Waals surface area contributed by atoms with Crippen LogP contribution in [0, 0.1) is 17.6 Å². The summed E-state index contributed by atoms with van der Waals surface area (Å²) in [5.74, 6) is -0.792. The van der Waals surface area contributed by atoms with Crippen LogP contribution < -0.4 is 5.32 Å².